The number of hydrogen-bond acceptors (Lipinski definition) is 3. The number of rotatable bonds is 4. The van der Waals surface area contributed by atoms with Gasteiger partial charge in [-0.3, -0.25) is 9.59 Å². The highest BCUT2D eigenvalue weighted by atomic mass is 16.3. The Balaban J connectivity index is 1.52. The first-order valence-corrected chi connectivity index (χ1v) is 12.1. The average molecular weight is 448 g/mol. The molecule has 6 nitrogen and oxygen atoms in total. The van der Waals surface area contributed by atoms with Crippen molar-refractivity contribution in [2.75, 3.05) is 0 Å². The van der Waals surface area contributed by atoms with Crippen LogP contribution >= 0.6 is 0 Å². The number of nitrogens with one attached hydrogen (secondary N) is 1. The molecule has 1 atom stereocenters. The monoisotopic (exact) mass is 447 g/mol. The van der Waals surface area contributed by atoms with Gasteiger partial charge < -0.3 is 19.2 Å². The van der Waals surface area contributed by atoms with Crippen LogP contribution in [0.15, 0.2) is 40.8 Å². The van der Waals surface area contributed by atoms with Crippen molar-refractivity contribution in [3.8, 4) is 0 Å². The summed E-state index contributed by atoms with van der Waals surface area (Å²) in [5, 5.41) is 3.32. The van der Waals surface area contributed by atoms with E-state index in [-0.39, 0.29) is 17.9 Å². The smallest absolute Gasteiger partial charge is 0.271 e. The molecule has 1 aliphatic heterocycles. The summed E-state index contributed by atoms with van der Waals surface area (Å²) in [5.41, 5.74) is 3.33. The second-order valence-corrected chi connectivity index (χ2v) is 10.0. The van der Waals surface area contributed by atoms with Gasteiger partial charge in [-0.15, -0.1) is 0 Å². The molecule has 5 rings (SSSR count). The number of amides is 2. The molecule has 2 amide bonds. The molecule has 3 heterocycles. The van der Waals surface area contributed by atoms with Crippen molar-refractivity contribution in [3.63, 3.8) is 0 Å². The van der Waals surface area contributed by atoms with Crippen LogP contribution in [-0.2, 0) is 17.9 Å². The molecule has 0 bridgehead atoms. The fraction of sp³-hybridized carbons (Fsp3) is 0.481. The zero-order valence-electron chi connectivity index (χ0n) is 19.8. The molecule has 1 fully saturated rings. The van der Waals surface area contributed by atoms with Gasteiger partial charge in [0, 0.05) is 24.7 Å². The summed E-state index contributed by atoms with van der Waals surface area (Å²) < 4.78 is 7.77. The van der Waals surface area contributed by atoms with Crippen molar-refractivity contribution >= 4 is 22.9 Å². The number of aromatic nitrogens is 1. The Morgan fingerprint density at radius 2 is 1.79 bits per heavy atom. The van der Waals surface area contributed by atoms with Crippen LogP contribution in [-0.4, -0.2) is 32.9 Å². The van der Waals surface area contributed by atoms with Crippen molar-refractivity contribution < 1.29 is 14.0 Å². The van der Waals surface area contributed by atoms with E-state index in [1.807, 2.05) is 61.7 Å². The van der Waals surface area contributed by atoms with E-state index < -0.39 is 5.54 Å². The molecule has 1 saturated carbocycles. The van der Waals surface area contributed by atoms with Crippen molar-refractivity contribution in [3.05, 3.63) is 59.0 Å². The molecule has 6 heteroatoms. The predicted molar refractivity (Wildman–Crippen MR) is 128 cm³/mol. The Hall–Kier alpha value is -3.02. The van der Waals surface area contributed by atoms with E-state index >= 15 is 0 Å². The summed E-state index contributed by atoms with van der Waals surface area (Å²) in [5.74, 6) is 0.599. The molecule has 2 aliphatic rings. The minimum Gasteiger partial charge on any atom is -0.460 e. The van der Waals surface area contributed by atoms with Gasteiger partial charge in [-0.2, -0.15) is 0 Å². The first kappa shape index (κ1) is 21.8. The van der Waals surface area contributed by atoms with E-state index in [1.54, 1.807) is 4.90 Å². The van der Waals surface area contributed by atoms with Gasteiger partial charge >= 0.3 is 0 Å². The highest BCUT2D eigenvalue weighted by molar-refractivity contribution is 6.03. The number of fused-ring (bicyclic) bond motifs is 3. The molecule has 1 aliphatic carbocycles. The van der Waals surface area contributed by atoms with E-state index in [9.17, 15) is 9.59 Å². The second kappa shape index (κ2) is 8.40. The lowest BCUT2D eigenvalue weighted by atomic mass is 9.93. The van der Waals surface area contributed by atoms with Crippen LogP contribution in [0.25, 0.3) is 11.1 Å². The largest absolute Gasteiger partial charge is 0.460 e. The fourth-order valence-corrected chi connectivity index (χ4v) is 5.35. The Morgan fingerprint density at radius 3 is 2.48 bits per heavy atom. The van der Waals surface area contributed by atoms with E-state index in [4.69, 9.17) is 4.42 Å². The zero-order chi connectivity index (χ0) is 23.2. The van der Waals surface area contributed by atoms with E-state index in [2.05, 4.69) is 5.32 Å². The molecular weight excluding hydrogens is 414 g/mol. The minimum atomic E-state index is -1.00. The third-order valence-electron chi connectivity index (χ3n) is 7.38. The number of nitrogens with zero attached hydrogens (tertiary/aromatic N) is 2. The molecule has 0 unspecified atom stereocenters. The second-order valence-electron chi connectivity index (χ2n) is 10.0. The molecule has 0 radical (unpaired) electrons. The molecule has 33 heavy (non-hydrogen) atoms. The van der Waals surface area contributed by atoms with Crippen LogP contribution in [0.4, 0.5) is 0 Å². The molecule has 1 N–H and O–H groups in total. The topological polar surface area (TPSA) is 67.5 Å². The molecule has 1 aromatic carbocycles. The first-order chi connectivity index (χ1) is 15.8. The van der Waals surface area contributed by atoms with Crippen molar-refractivity contribution in [2.45, 2.75) is 84.0 Å². The molecular formula is C27H33N3O3. The Bertz CT molecular complexity index is 1180. The van der Waals surface area contributed by atoms with Gasteiger partial charge in [-0.25, -0.2) is 0 Å². The third kappa shape index (κ3) is 3.96. The SMILES string of the molecule is Cc1ccc(CN2C(=O)c3cc4oc(C)cc4n3C[C@@]2(C)C(=O)NC2CCCCCC2)cc1. The number of carbonyl (C=O) groups is 2. The van der Waals surface area contributed by atoms with E-state index in [1.165, 1.54) is 18.4 Å². The van der Waals surface area contributed by atoms with Crippen LogP contribution in [0.2, 0.25) is 0 Å². The molecule has 174 valence electrons. The fourth-order valence-electron chi connectivity index (χ4n) is 5.35. The molecule has 3 aromatic rings. The first-order valence-electron chi connectivity index (χ1n) is 12.1. The van der Waals surface area contributed by atoms with E-state index in [0.29, 0.717) is 24.4 Å². The maximum atomic E-state index is 13.8. The lowest BCUT2D eigenvalue weighted by Gasteiger charge is -2.44. The number of carbonyl (C=O) groups excluding carboxylic acids is 2. The lowest BCUT2D eigenvalue weighted by Crippen LogP contribution is -2.64. The standard InChI is InChI=1S/C27H33N3O3/c1-18-10-12-20(13-11-18)16-30-25(31)23-15-24-22(14-19(2)33-24)29(23)17-27(30,3)26(32)28-21-8-6-4-5-7-9-21/h10-15,21H,4-9,16-17H2,1-3H3,(H,28,32)/t27-/m0/s1. The van der Waals surface area contributed by atoms with Gasteiger partial charge in [0.15, 0.2) is 5.58 Å². The summed E-state index contributed by atoms with van der Waals surface area (Å²) >= 11 is 0. The normalized spacial score (nSPS) is 21.8. The summed E-state index contributed by atoms with van der Waals surface area (Å²) in [6.07, 6.45) is 6.76. The van der Waals surface area contributed by atoms with Crippen molar-refractivity contribution in [2.24, 2.45) is 0 Å². The van der Waals surface area contributed by atoms with Crippen molar-refractivity contribution in [1.29, 1.82) is 0 Å². The van der Waals surface area contributed by atoms with Gasteiger partial charge in [0.25, 0.3) is 5.91 Å². The van der Waals surface area contributed by atoms with Crippen LogP contribution in [0.3, 0.4) is 0 Å². The summed E-state index contributed by atoms with van der Waals surface area (Å²) in [7, 11) is 0. The van der Waals surface area contributed by atoms with Gasteiger partial charge in [0.05, 0.1) is 12.1 Å². The average Bonchev–Trinajstić information content (AvgIpc) is 3.18. The predicted octanol–water partition coefficient (Wildman–Crippen LogP) is 5.10. The molecule has 0 spiro atoms. The van der Waals surface area contributed by atoms with Crippen LogP contribution in [0.5, 0.6) is 0 Å². The summed E-state index contributed by atoms with van der Waals surface area (Å²) in [4.78, 5) is 29.4. The number of aryl methyl sites for hydroxylation is 2. The van der Waals surface area contributed by atoms with Crippen LogP contribution in [0, 0.1) is 13.8 Å². The summed E-state index contributed by atoms with van der Waals surface area (Å²) in [6.45, 7) is 6.65. The highest BCUT2D eigenvalue weighted by Gasteiger charge is 2.48. The van der Waals surface area contributed by atoms with Crippen LogP contribution < -0.4 is 5.32 Å². The Kier molecular flexibility index (Phi) is 5.55. The maximum Gasteiger partial charge on any atom is 0.271 e. The van der Waals surface area contributed by atoms with Crippen molar-refractivity contribution in [1.82, 2.24) is 14.8 Å². The Morgan fingerprint density at radius 1 is 1.09 bits per heavy atom. The zero-order valence-corrected chi connectivity index (χ0v) is 19.8. The minimum absolute atomic E-state index is 0.0671. The van der Waals surface area contributed by atoms with Crippen LogP contribution in [0.1, 0.15) is 72.8 Å². The molecule has 2 aromatic heterocycles. The molecule has 0 saturated heterocycles. The van der Waals surface area contributed by atoms with E-state index in [0.717, 1.165) is 42.5 Å². The lowest BCUT2D eigenvalue weighted by molar-refractivity contribution is -0.134. The number of benzene rings is 1. The summed E-state index contributed by atoms with van der Waals surface area (Å²) in [6, 6.07) is 12.1. The third-order valence-corrected chi connectivity index (χ3v) is 7.38. The quantitative estimate of drug-likeness (QED) is 0.566. The Labute approximate surface area is 194 Å². The van der Waals surface area contributed by atoms with Gasteiger partial charge in [0.1, 0.15) is 17.0 Å². The number of hydrogen-bond donors (Lipinski definition) is 1. The van der Waals surface area contributed by atoms with Gasteiger partial charge in [-0.1, -0.05) is 55.5 Å². The van der Waals surface area contributed by atoms with Gasteiger partial charge in [0.2, 0.25) is 5.91 Å². The highest BCUT2D eigenvalue weighted by Crippen LogP contribution is 2.35. The van der Waals surface area contributed by atoms with Gasteiger partial charge in [-0.05, 0) is 39.2 Å². The maximum absolute atomic E-state index is 13.8. The number of furan rings is 1.